The molecular weight excluding hydrogens is 716 g/mol. The van der Waals surface area contributed by atoms with Gasteiger partial charge in [0.2, 0.25) is 0 Å². The van der Waals surface area contributed by atoms with Gasteiger partial charge >= 0.3 is 0 Å². The predicted molar refractivity (Wildman–Crippen MR) is 194 cm³/mol. The summed E-state index contributed by atoms with van der Waals surface area (Å²) in [6.45, 7) is 13.8. The number of fused-ring (bicyclic) bond motifs is 2. The molecule has 8 fully saturated rings. The Labute approximate surface area is 324 Å². The van der Waals surface area contributed by atoms with E-state index in [1.807, 2.05) is 0 Å². The van der Waals surface area contributed by atoms with Crippen LogP contribution in [0.2, 0.25) is 0 Å². The first-order valence-corrected chi connectivity index (χ1v) is 20.9. The SMILES string of the molecule is CC(C)(O)[C@H]1CC[C@@](C)([C@H]2[C@@H](O)C[C@@]3(C)[C@@H]4C[C@H](O[C@H]5O[C@@H](CO)[C@H](O)[C@@H](O)[C@@H]5O)[C@H]5C(C)(C)[C@@H](O[C@@H]6OC[C@@H](O)[C@H](O)[C@H]6O)CC[C@@]56C[C@@]46CC[C@]23C)O1. The van der Waals surface area contributed by atoms with Gasteiger partial charge in [0.1, 0.15) is 42.7 Å². The second kappa shape index (κ2) is 13.2. The largest absolute Gasteiger partial charge is 0.394 e. The molecule has 14 nitrogen and oxygen atoms in total. The minimum absolute atomic E-state index is 0.0633. The van der Waals surface area contributed by atoms with E-state index in [-0.39, 0.29) is 52.1 Å². The Hall–Kier alpha value is -0.560. The molecule has 0 aromatic rings. The van der Waals surface area contributed by atoms with E-state index in [1.54, 1.807) is 13.8 Å². The van der Waals surface area contributed by atoms with Gasteiger partial charge in [-0.3, -0.25) is 0 Å². The molecule has 3 heterocycles. The number of hydrogen-bond acceptors (Lipinski definition) is 14. The van der Waals surface area contributed by atoms with Crippen LogP contribution in [0.25, 0.3) is 0 Å². The Morgan fingerprint density at radius 1 is 0.709 bits per heavy atom. The van der Waals surface area contributed by atoms with Crippen LogP contribution >= 0.6 is 0 Å². The molecule has 0 aromatic heterocycles. The zero-order valence-corrected chi connectivity index (χ0v) is 33.6. The highest BCUT2D eigenvalue weighted by Crippen LogP contribution is 2.89. The standard InChI is InChI=1S/C41H68O14/c1-35(2)24(54-33-29(48)26(45)20(44)17-51-33)9-11-41-18-40(41)13-12-37(5)31(39(7)10-8-25(55-39)36(3,4)50)19(43)15-38(37,6)23(40)14-21(32(35)41)52-34-30(49)28(47)27(46)22(16-42)53-34/h19-34,42-50H,8-18H2,1-7H3/t19-,20+,21-,22-,23-,24-,25+,26-,27-,28+,29+,30-,31-,32-,33-,34-,37+,38-,39-,40-,41+/m0/s1. The maximum Gasteiger partial charge on any atom is 0.186 e. The Morgan fingerprint density at radius 2 is 1.40 bits per heavy atom. The van der Waals surface area contributed by atoms with Crippen molar-refractivity contribution >= 4 is 0 Å². The minimum atomic E-state index is -1.60. The predicted octanol–water partition coefficient (Wildman–Crippen LogP) is 0.724. The zero-order chi connectivity index (χ0) is 40.1. The zero-order valence-electron chi connectivity index (χ0n) is 33.6. The number of ether oxygens (including phenoxy) is 5. The molecule has 8 rings (SSSR count). The van der Waals surface area contributed by atoms with Crippen LogP contribution in [0.5, 0.6) is 0 Å². The molecule has 5 aliphatic carbocycles. The smallest absolute Gasteiger partial charge is 0.186 e. The summed E-state index contributed by atoms with van der Waals surface area (Å²) in [6.07, 6.45) is -7.48. The molecule has 9 N–H and O–H groups in total. The summed E-state index contributed by atoms with van der Waals surface area (Å²) in [5.41, 5.74) is -3.16. The molecule has 0 bridgehead atoms. The highest BCUT2D eigenvalue weighted by atomic mass is 16.7. The van der Waals surface area contributed by atoms with Gasteiger partial charge in [0.25, 0.3) is 0 Å². The van der Waals surface area contributed by atoms with Crippen molar-refractivity contribution in [3.63, 3.8) is 0 Å². The van der Waals surface area contributed by atoms with Gasteiger partial charge in [-0.05, 0) is 117 Å². The van der Waals surface area contributed by atoms with Gasteiger partial charge in [-0.1, -0.05) is 27.7 Å². The molecule has 2 spiro atoms. The summed E-state index contributed by atoms with van der Waals surface area (Å²) in [6, 6.07) is 0. The lowest BCUT2D eigenvalue weighted by Crippen LogP contribution is -2.65. The summed E-state index contributed by atoms with van der Waals surface area (Å²) in [7, 11) is 0. The summed E-state index contributed by atoms with van der Waals surface area (Å²) in [5.74, 6) is -0.215. The van der Waals surface area contributed by atoms with Crippen molar-refractivity contribution in [2.45, 2.75) is 197 Å². The monoisotopic (exact) mass is 784 g/mol. The van der Waals surface area contributed by atoms with Gasteiger partial charge in [0.05, 0.1) is 48.8 Å². The lowest BCUT2D eigenvalue weighted by molar-refractivity contribution is -0.339. The first-order chi connectivity index (χ1) is 25.5. The van der Waals surface area contributed by atoms with E-state index >= 15 is 0 Å². The molecule has 8 aliphatic rings. The lowest BCUT2D eigenvalue weighted by Gasteiger charge is -2.65. The van der Waals surface area contributed by atoms with Crippen LogP contribution in [0.1, 0.15) is 106 Å². The summed E-state index contributed by atoms with van der Waals surface area (Å²) in [4.78, 5) is 0. The van der Waals surface area contributed by atoms with Crippen LogP contribution < -0.4 is 0 Å². The van der Waals surface area contributed by atoms with E-state index in [9.17, 15) is 46.0 Å². The van der Waals surface area contributed by atoms with E-state index in [4.69, 9.17) is 23.7 Å². The van der Waals surface area contributed by atoms with Crippen molar-refractivity contribution in [3.05, 3.63) is 0 Å². The van der Waals surface area contributed by atoms with E-state index in [0.717, 1.165) is 32.1 Å². The highest BCUT2D eigenvalue weighted by molar-refractivity contribution is 5.33. The third-order valence-electron chi connectivity index (χ3n) is 17.6. The normalized spacial score (nSPS) is 58.7. The second-order valence-corrected chi connectivity index (χ2v) is 21.1. The maximum atomic E-state index is 12.2. The molecule has 21 atom stereocenters. The topological polar surface area (TPSA) is 228 Å². The van der Waals surface area contributed by atoms with Crippen LogP contribution in [-0.2, 0) is 23.7 Å². The first-order valence-electron chi connectivity index (χ1n) is 20.9. The Balaban J connectivity index is 1.15. The number of aliphatic hydroxyl groups is 9. The van der Waals surface area contributed by atoms with Gasteiger partial charge < -0.3 is 69.6 Å². The molecule has 0 aromatic carbocycles. The van der Waals surface area contributed by atoms with Crippen molar-refractivity contribution in [2.24, 2.45) is 44.8 Å². The summed E-state index contributed by atoms with van der Waals surface area (Å²) >= 11 is 0. The van der Waals surface area contributed by atoms with Crippen LogP contribution in [0.4, 0.5) is 0 Å². The van der Waals surface area contributed by atoms with Gasteiger partial charge in [-0.15, -0.1) is 0 Å². The van der Waals surface area contributed by atoms with Crippen molar-refractivity contribution < 1.29 is 69.6 Å². The van der Waals surface area contributed by atoms with Crippen molar-refractivity contribution in [1.29, 1.82) is 0 Å². The van der Waals surface area contributed by atoms with Crippen molar-refractivity contribution in [2.75, 3.05) is 13.2 Å². The van der Waals surface area contributed by atoms with Gasteiger partial charge in [0, 0.05) is 5.92 Å². The highest BCUT2D eigenvalue weighted by Gasteiger charge is 2.85. The molecule has 316 valence electrons. The third kappa shape index (κ3) is 5.70. The number of rotatable bonds is 7. The number of aliphatic hydroxyl groups excluding tert-OH is 8. The fraction of sp³-hybridized carbons (Fsp3) is 1.00. The molecule has 55 heavy (non-hydrogen) atoms. The minimum Gasteiger partial charge on any atom is -0.394 e. The molecule has 0 radical (unpaired) electrons. The molecule has 14 heteroatoms. The molecule has 3 saturated heterocycles. The molecule has 0 unspecified atom stereocenters. The molecule has 5 saturated carbocycles. The van der Waals surface area contributed by atoms with E-state index in [0.29, 0.717) is 25.7 Å². The van der Waals surface area contributed by atoms with Crippen LogP contribution in [0, 0.1) is 44.8 Å². The van der Waals surface area contributed by atoms with Crippen LogP contribution in [-0.4, -0.2) is 150 Å². The Bertz CT molecular complexity index is 1460. The van der Waals surface area contributed by atoms with E-state index in [2.05, 4.69) is 34.6 Å². The fourth-order valence-corrected chi connectivity index (χ4v) is 14.9. The number of hydrogen-bond donors (Lipinski definition) is 9. The molecule has 0 amide bonds. The van der Waals surface area contributed by atoms with Gasteiger partial charge in [0.15, 0.2) is 12.6 Å². The van der Waals surface area contributed by atoms with Crippen molar-refractivity contribution in [3.8, 4) is 0 Å². The van der Waals surface area contributed by atoms with Crippen molar-refractivity contribution in [1.82, 2.24) is 0 Å². The molecule has 3 aliphatic heterocycles. The van der Waals surface area contributed by atoms with E-state index < -0.39 is 96.8 Å². The maximum absolute atomic E-state index is 12.2. The fourth-order valence-electron chi connectivity index (χ4n) is 14.9. The van der Waals surface area contributed by atoms with Crippen LogP contribution in [0.3, 0.4) is 0 Å². The van der Waals surface area contributed by atoms with Gasteiger partial charge in [-0.25, -0.2) is 0 Å². The average molecular weight is 785 g/mol. The lowest BCUT2D eigenvalue weighted by atomic mass is 9.41. The first kappa shape index (κ1) is 41.2. The quantitative estimate of drug-likeness (QED) is 0.162. The Kier molecular flexibility index (Phi) is 9.90. The summed E-state index contributed by atoms with van der Waals surface area (Å²) in [5, 5.41) is 97.2. The van der Waals surface area contributed by atoms with Crippen LogP contribution in [0.15, 0.2) is 0 Å². The molecular formula is C41H68O14. The average Bonchev–Trinajstić information content (AvgIpc) is 3.47. The third-order valence-corrected chi connectivity index (χ3v) is 17.6. The Morgan fingerprint density at radius 3 is 2.05 bits per heavy atom. The second-order valence-electron chi connectivity index (χ2n) is 21.1. The van der Waals surface area contributed by atoms with E-state index in [1.165, 1.54) is 0 Å². The summed E-state index contributed by atoms with van der Waals surface area (Å²) < 4.78 is 31.9. The van der Waals surface area contributed by atoms with Gasteiger partial charge in [-0.2, -0.15) is 0 Å².